The highest BCUT2D eigenvalue weighted by Crippen LogP contribution is 2.32. The van der Waals surface area contributed by atoms with Gasteiger partial charge in [-0.15, -0.1) is 0 Å². The molecule has 1 aromatic heterocycles. The lowest BCUT2D eigenvalue weighted by atomic mass is 10.2. The van der Waals surface area contributed by atoms with Gasteiger partial charge < -0.3 is 5.32 Å². The quantitative estimate of drug-likeness (QED) is 0.838. The molecule has 0 spiro atoms. The molecule has 0 saturated heterocycles. The maximum atomic E-state index is 13.4. The number of benzene rings is 1. The molecule has 8 heteroatoms. The number of rotatable bonds is 2. The molecule has 2 rings (SSSR count). The fourth-order valence-electron chi connectivity index (χ4n) is 1.29. The van der Waals surface area contributed by atoms with Crippen LogP contribution >= 0.6 is 15.9 Å². The van der Waals surface area contributed by atoms with Crippen LogP contribution in [0.25, 0.3) is 0 Å². The fraction of sp³-hybridized carbons (Fsp3) is 0.0909. The third-order valence-corrected chi connectivity index (χ3v) is 2.57. The van der Waals surface area contributed by atoms with E-state index >= 15 is 0 Å². The van der Waals surface area contributed by atoms with E-state index in [0.29, 0.717) is 16.6 Å². The SMILES string of the molecule is Fc1ccc(C(F)(F)F)cc1Nc1ncc(Br)cn1. The first-order valence-corrected chi connectivity index (χ1v) is 5.77. The summed E-state index contributed by atoms with van der Waals surface area (Å²) in [4.78, 5) is 7.58. The topological polar surface area (TPSA) is 37.8 Å². The zero-order chi connectivity index (χ0) is 14.0. The van der Waals surface area contributed by atoms with Gasteiger partial charge in [0.25, 0.3) is 0 Å². The van der Waals surface area contributed by atoms with Crippen molar-refractivity contribution >= 4 is 27.6 Å². The van der Waals surface area contributed by atoms with Gasteiger partial charge in [0, 0.05) is 12.4 Å². The smallest absolute Gasteiger partial charge is 0.322 e. The number of nitrogens with zero attached hydrogens (tertiary/aromatic N) is 2. The second-order valence-corrected chi connectivity index (χ2v) is 4.46. The summed E-state index contributed by atoms with van der Waals surface area (Å²) in [7, 11) is 0. The second kappa shape index (κ2) is 5.12. The molecule has 0 fully saturated rings. The Kier molecular flexibility index (Phi) is 3.70. The molecule has 0 atom stereocenters. The van der Waals surface area contributed by atoms with Crippen molar-refractivity contribution in [3.05, 3.63) is 46.4 Å². The lowest BCUT2D eigenvalue weighted by molar-refractivity contribution is -0.137. The van der Waals surface area contributed by atoms with Gasteiger partial charge in [0.2, 0.25) is 5.95 Å². The number of anilines is 2. The summed E-state index contributed by atoms with van der Waals surface area (Å²) in [5.74, 6) is -0.819. The monoisotopic (exact) mass is 335 g/mol. The number of alkyl halides is 3. The first-order valence-electron chi connectivity index (χ1n) is 4.97. The van der Waals surface area contributed by atoms with Gasteiger partial charge in [-0.25, -0.2) is 14.4 Å². The summed E-state index contributed by atoms with van der Waals surface area (Å²) in [6.07, 6.45) is -1.76. The summed E-state index contributed by atoms with van der Waals surface area (Å²) in [6.45, 7) is 0. The molecular weight excluding hydrogens is 330 g/mol. The molecule has 2 aromatic rings. The van der Waals surface area contributed by atoms with E-state index in [0.717, 1.165) is 6.07 Å². The fourth-order valence-corrected chi connectivity index (χ4v) is 1.50. The van der Waals surface area contributed by atoms with Gasteiger partial charge in [-0.05, 0) is 34.1 Å². The Morgan fingerprint density at radius 3 is 2.32 bits per heavy atom. The molecule has 0 aliphatic carbocycles. The lowest BCUT2D eigenvalue weighted by Gasteiger charge is -2.10. The maximum absolute atomic E-state index is 13.4. The largest absolute Gasteiger partial charge is 0.416 e. The highest BCUT2D eigenvalue weighted by Gasteiger charge is 2.31. The van der Waals surface area contributed by atoms with Gasteiger partial charge >= 0.3 is 6.18 Å². The van der Waals surface area contributed by atoms with Crippen LogP contribution in [0.5, 0.6) is 0 Å². The first-order chi connectivity index (χ1) is 8.86. The molecule has 1 N–H and O–H groups in total. The zero-order valence-electron chi connectivity index (χ0n) is 9.17. The Hall–Kier alpha value is -1.70. The van der Waals surface area contributed by atoms with Crippen molar-refractivity contribution in [2.45, 2.75) is 6.18 Å². The van der Waals surface area contributed by atoms with Crippen molar-refractivity contribution in [3.63, 3.8) is 0 Å². The molecule has 3 nitrogen and oxygen atoms in total. The molecule has 0 bridgehead atoms. The van der Waals surface area contributed by atoms with E-state index in [9.17, 15) is 17.6 Å². The standard InChI is InChI=1S/C11H6BrF4N3/c12-7-4-17-10(18-5-7)19-9-3-6(11(14,15)16)1-2-8(9)13/h1-5H,(H,17,18,19). The highest BCUT2D eigenvalue weighted by atomic mass is 79.9. The van der Waals surface area contributed by atoms with Crippen molar-refractivity contribution < 1.29 is 17.6 Å². The van der Waals surface area contributed by atoms with E-state index in [1.807, 2.05) is 0 Å². The van der Waals surface area contributed by atoms with Crippen LogP contribution < -0.4 is 5.32 Å². The number of aromatic nitrogens is 2. The molecule has 0 radical (unpaired) electrons. The Balaban J connectivity index is 2.31. The van der Waals surface area contributed by atoms with Gasteiger partial charge in [0.15, 0.2) is 0 Å². The average Bonchev–Trinajstić information content (AvgIpc) is 2.33. The Morgan fingerprint density at radius 1 is 1.11 bits per heavy atom. The first kappa shape index (κ1) is 13.7. The van der Waals surface area contributed by atoms with Crippen LogP contribution in [0.3, 0.4) is 0 Å². The minimum atomic E-state index is -4.54. The lowest BCUT2D eigenvalue weighted by Crippen LogP contribution is -2.07. The number of halogens is 5. The van der Waals surface area contributed by atoms with E-state index in [1.165, 1.54) is 12.4 Å². The van der Waals surface area contributed by atoms with Gasteiger partial charge in [-0.3, -0.25) is 0 Å². The summed E-state index contributed by atoms with van der Waals surface area (Å²) < 4.78 is 51.5. The minimum absolute atomic E-state index is 0.00132. The molecule has 0 amide bonds. The third kappa shape index (κ3) is 3.40. The van der Waals surface area contributed by atoms with Gasteiger partial charge in [0.1, 0.15) is 5.82 Å². The Bertz CT molecular complexity index is 583. The molecule has 1 aromatic carbocycles. The molecular formula is C11H6BrF4N3. The predicted molar refractivity (Wildman–Crippen MR) is 64.4 cm³/mol. The maximum Gasteiger partial charge on any atom is 0.416 e. The molecule has 1 heterocycles. The van der Waals surface area contributed by atoms with Crippen LogP contribution in [-0.4, -0.2) is 9.97 Å². The molecule has 19 heavy (non-hydrogen) atoms. The van der Waals surface area contributed by atoms with Crippen LogP contribution in [0.15, 0.2) is 35.1 Å². The van der Waals surface area contributed by atoms with Crippen LogP contribution in [0, 0.1) is 5.82 Å². The normalized spacial score (nSPS) is 11.4. The van der Waals surface area contributed by atoms with Gasteiger partial charge in [-0.1, -0.05) is 0 Å². The molecule has 0 aliphatic heterocycles. The highest BCUT2D eigenvalue weighted by molar-refractivity contribution is 9.10. The average molecular weight is 336 g/mol. The predicted octanol–water partition coefficient (Wildman–Crippen LogP) is 4.14. The van der Waals surface area contributed by atoms with Crippen molar-refractivity contribution in [1.29, 1.82) is 0 Å². The zero-order valence-corrected chi connectivity index (χ0v) is 10.8. The summed E-state index contributed by atoms with van der Waals surface area (Å²) >= 11 is 3.11. The van der Waals surface area contributed by atoms with Crippen molar-refractivity contribution in [3.8, 4) is 0 Å². The minimum Gasteiger partial charge on any atom is -0.322 e. The van der Waals surface area contributed by atoms with Crippen molar-refractivity contribution in [1.82, 2.24) is 9.97 Å². The van der Waals surface area contributed by atoms with Crippen LogP contribution in [-0.2, 0) is 6.18 Å². The molecule has 100 valence electrons. The third-order valence-electron chi connectivity index (χ3n) is 2.16. The number of hydrogen-bond donors (Lipinski definition) is 1. The summed E-state index contributed by atoms with van der Waals surface area (Å²) in [5, 5.41) is 2.39. The Morgan fingerprint density at radius 2 is 1.74 bits per heavy atom. The van der Waals surface area contributed by atoms with E-state index in [2.05, 4.69) is 31.2 Å². The van der Waals surface area contributed by atoms with E-state index in [1.54, 1.807) is 0 Å². The Labute approximate surface area is 113 Å². The van der Waals surface area contributed by atoms with Gasteiger partial charge in [0.05, 0.1) is 15.7 Å². The molecule has 0 aliphatic rings. The van der Waals surface area contributed by atoms with Crippen LogP contribution in [0.2, 0.25) is 0 Å². The molecule has 0 unspecified atom stereocenters. The van der Waals surface area contributed by atoms with Crippen LogP contribution in [0.1, 0.15) is 5.56 Å². The molecule has 0 saturated carbocycles. The van der Waals surface area contributed by atoms with Crippen molar-refractivity contribution in [2.24, 2.45) is 0 Å². The van der Waals surface area contributed by atoms with E-state index in [-0.39, 0.29) is 11.6 Å². The van der Waals surface area contributed by atoms with E-state index < -0.39 is 17.6 Å². The van der Waals surface area contributed by atoms with Crippen molar-refractivity contribution in [2.75, 3.05) is 5.32 Å². The number of nitrogens with one attached hydrogen (secondary N) is 1. The van der Waals surface area contributed by atoms with E-state index in [4.69, 9.17) is 0 Å². The number of hydrogen-bond acceptors (Lipinski definition) is 3. The van der Waals surface area contributed by atoms with Crippen LogP contribution in [0.4, 0.5) is 29.2 Å². The van der Waals surface area contributed by atoms with Gasteiger partial charge in [-0.2, -0.15) is 13.2 Å². The summed E-state index contributed by atoms with van der Waals surface area (Å²) in [6, 6.07) is 2.08. The summed E-state index contributed by atoms with van der Waals surface area (Å²) in [5.41, 5.74) is -1.29. The second-order valence-electron chi connectivity index (χ2n) is 3.54.